The van der Waals surface area contributed by atoms with Crippen molar-refractivity contribution in [2.24, 2.45) is 5.92 Å². The second kappa shape index (κ2) is 6.57. The summed E-state index contributed by atoms with van der Waals surface area (Å²) in [5.41, 5.74) is 0. The van der Waals surface area contributed by atoms with Gasteiger partial charge in [-0.3, -0.25) is 0 Å². The summed E-state index contributed by atoms with van der Waals surface area (Å²) in [5.74, 6) is 3.40. The van der Waals surface area contributed by atoms with Crippen LogP contribution in [0.3, 0.4) is 0 Å². The maximum absolute atomic E-state index is 4.52. The molecule has 0 aliphatic heterocycles. The van der Waals surface area contributed by atoms with E-state index in [9.17, 15) is 0 Å². The van der Waals surface area contributed by atoms with Gasteiger partial charge in [-0.1, -0.05) is 13.8 Å². The molecule has 102 valence electrons. The first-order chi connectivity index (χ1) is 8.43. The van der Waals surface area contributed by atoms with Gasteiger partial charge in [-0.25, -0.2) is 9.97 Å². The van der Waals surface area contributed by atoms with E-state index in [4.69, 9.17) is 0 Å². The van der Waals surface area contributed by atoms with E-state index in [0.29, 0.717) is 12.0 Å². The molecule has 0 aliphatic carbocycles. The Bertz CT molecular complexity index is 376. The molecule has 0 bridgehead atoms. The van der Waals surface area contributed by atoms with E-state index in [0.717, 1.165) is 30.4 Å². The zero-order valence-corrected chi connectivity index (χ0v) is 12.5. The molecule has 1 N–H and O–H groups in total. The first kappa shape index (κ1) is 14.7. The molecule has 0 saturated carbocycles. The number of aromatic nitrogens is 2. The number of hydrogen-bond acceptors (Lipinski definition) is 4. The number of rotatable bonds is 6. The van der Waals surface area contributed by atoms with E-state index in [1.54, 1.807) is 0 Å². The Labute approximate surface area is 111 Å². The minimum Gasteiger partial charge on any atom is -0.370 e. The summed E-state index contributed by atoms with van der Waals surface area (Å²) < 4.78 is 0. The summed E-state index contributed by atoms with van der Waals surface area (Å²) in [6.07, 6.45) is 1.16. The van der Waals surface area contributed by atoms with Gasteiger partial charge in [0.2, 0.25) is 0 Å². The molecule has 0 aliphatic rings. The van der Waals surface area contributed by atoms with Gasteiger partial charge in [0, 0.05) is 25.7 Å². The molecule has 18 heavy (non-hydrogen) atoms. The molecule has 4 heteroatoms. The lowest BCUT2D eigenvalue weighted by Crippen LogP contribution is -2.31. The molecule has 1 rings (SSSR count). The second-order valence-electron chi connectivity index (χ2n) is 5.28. The van der Waals surface area contributed by atoms with Gasteiger partial charge in [0.05, 0.1) is 0 Å². The van der Waals surface area contributed by atoms with Gasteiger partial charge in [0.1, 0.15) is 17.5 Å². The smallest absolute Gasteiger partial charge is 0.134 e. The third kappa shape index (κ3) is 4.17. The van der Waals surface area contributed by atoms with Crippen molar-refractivity contribution in [1.82, 2.24) is 9.97 Å². The van der Waals surface area contributed by atoms with Crippen LogP contribution >= 0.6 is 0 Å². The topological polar surface area (TPSA) is 41.0 Å². The summed E-state index contributed by atoms with van der Waals surface area (Å²) in [7, 11) is 2.10. The van der Waals surface area contributed by atoms with Crippen molar-refractivity contribution in [1.29, 1.82) is 0 Å². The van der Waals surface area contributed by atoms with Crippen LogP contribution in [0.25, 0.3) is 0 Å². The van der Waals surface area contributed by atoms with Crippen LogP contribution in [0.4, 0.5) is 11.6 Å². The van der Waals surface area contributed by atoms with Gasteiger partial charge in [0.15, 0.2) is 0 Å². The van der Waals surface area contributed by atoms with Gasteiger partial charge < -0.3 is 10.2 Å². The molecule has 0 aromatic carbocycles. The van der Waals surface area contributed by atoms with Crippen molar-refractivity contribution < 1.29 is 0 Å². The molecule has 1 heterocycles. The molecular formula is C14H26N4. The third-order valence-corrected chi connectivity index (χ3v) is 3.02. The minimum absolute atomic E-state index is 0.480. The van der Waals surface area contributed by atoms with Crippen molar-refractivity contribution in [3.63, 3.8) is 0 Å². The molecule has 1 unspecified atom stereocenters. The van der Waals surface area contributed by atoms with Crippen LogP contribution in [-0.4, -0.2) is 29.6 Å². The van der Waals surface area contributed by atoms with E-state index in [1.807, 2.05) is 13.0 Å². The highest BCUT2D eigenvalue weighted by atomic mass is 15.2. The Morgan fingerprint density at radius 1 is 1.28 bits per heavy atom. The number of aryl methyl sites for hydroxylation is 1. The average molecular weight is 250 g/mol. The first-order valence-corrected chi connectivity index (χ1v) is 6.76. The SMILES string of the molecule is CCNc1cc(N(C)C(C)CC(C)C)nc(C)n1. The van der Waals surface area contributed by atoms with Crippen LogP contribution in [0.15, 0.2) is 6.07 Å². The fourth-order valence-corrected chi connectivity index (χ4v) is 2.07. The molecule has 1 aromatic heterocycles. The Kier molecular flexibility index (Phi) is 5.38. The van der Waals surface area contributed by atoms with Crippen molar-refractivity contribution in [2.45, 2.75) is 47.1 Å². The fourth-order valence-electron chi connectivity index (χ4n) is 2.07. The summed E-state index contributed by atoms with van der Waals surface area (Å²) in [6, 6.07) is 2.50. The monoisotopic (exact) mass is 250 g/mol. The normalized spacial score (nSPS) is 12.6. The van der Waals surface area contributed by atoms with Crippen LogP contribution < -0.4 is 10.2 Å². The molecule has 4 nitrogen and oxygen atoms in total. The van der Waals surface area contributed by atoms with Crippen LogP contribution in [0.2, 0.25) is 0 Å². The number of anilines is 2. The summed E-state index contributed by atoms with van der Waals surface area (Å²) >= 11 is 0. The highest BCUT2D eigenvalue weighted by Crippen LogP contribution is 2.19. The van der Waals surface area contributed by atoms with Gasteiger partial charge in [-0.05, 0) is 33.1 Å². The highest BCUT2D eigenvalue weighted by molar-refractivity contribution is 5.49. The Balaban J connectivity index is 2.87. The number of hydrogen-bond donors (Lipinski definition) is 1. The van der Waals surface area contributed by atoms with Crippen LogP contribution in [0, 0.1) is 12.8 Å². The molecule has 0 fully saturated rings. The number of nitrogens with zero attached hydrogens (tertiary/aromatic N) is 3. The predicted molar refractivity (Wildman–Crippen MR) is 78.3 cm³/mol. The van der Waals surface area contributed by atoms with E-state index < -0.39 is 0 Å². The lowest BCUT2D eigenvalue weighted by Gasteiger charge is -2.27. The Morgan fingerprint density at radius 2 is 1.94 bits per heavy atom. The van der Waals surface area contributed by atoms with Crippen LogP contribution in [0.1, 0.15) is 39.9 Å². The van der Waals surface area contributed by atoms with Crippen LogP contribution in [-0.2, 0) is 0 Å². The van der Waals surface area contributed by atoms with E-state index in [2.05, 4.69) is 54.9 Å². The van der Waals surface area contributed by atoms with Crippen LogP contribution in [0.5, 0.6) is 0 Å². The average Bonchev–Trinajstić information content (AvgIpc) is 2.26. The van der Waals surface area contributed by atoms with Crippen molar-refractivity contribution in [3.8, 4) is 0 Å². The van der Waals surface area contributed by atoms with E-state index in [-0.39, 0.29) is 0 Å². The Hall–Kier alpha value is -1.32. The third-order valence-electron chi connectivity index (χ3n) is 3.02. The molecule has 0 spiro atoms. The molecular weight excluding hydrogens is 224 g/mol. The summed E-state index contributed by atoms with van der Waals surface area (Å²) in [4.78, 5) is 11.1. The molecule has 1 aromatic rings. The predicted octanol–water partition coefficient (Wildman–Crippen LogP) is 3.09. The lowest BCUT2D eigenvalue weighted by atomic mass is 10.0. The zero-order valence-electron chi connectivity index (χ0n) is 12.5. The highest BCUT2D eigenvalue weighted by Gasteiger charge is 2.14. The Morgan fingerprint density at radius 3 is 2.50 bits per heavy atom. The summed E-state index contributed by atoms with van der Waals surface area (Å²) in [5, 5.41) is 3.25. The van der Waals surface area contributed by atoms with E-state index in [1.165, 1.54) is 0 Å². The van der Waals surface area contributed by atoms with E-state index >= 15 is 0 Å². The maximum Gasteiger partial charge on any atom is 0.134 e. The number of nitrogens with one attached hydrogen (secondary N) is 1. The maximum atomic E-state index is 4.52. The van der Waals surface area contributed by atoms with Gasteiger partial charge in [0.25, 0.3) is 0 Å². The standard InChI is InChI=1S/C14H26N4/c1-7-15-13-9-14(17-12(5)16-13)18(6)11(4)8-10(2)3/h9-11H,7-8H2,1-6H3,(H,15,16,17). The molecule has 1 atom stereocenters. The van der Waals surface area contributed by atoms with Crippen molar-refractivity contribution >= 4 is 11.6 Å². The summed E-state index contributed by atoms with van der Waals surface area (Å²) in [6.45, 7) is 11.6. The quantitative estimate of drug-likeness (QED) is 0.842. The van der Waals surface area contributed by atoms with Crippen molar-refractivity contribution in [3.05, 3.63) is 11.9 Å². The largest absolute Gasteiger partial charge is 0.370 e. The lowest BCUT2D eigenvalue weighted by molar-refractivity contribution is 0.502. The minimum atomic E-state index is 0.480. The molecule has 0 amide bonds. The molecule has 0 saturated heterocycles. The fraction of sp³-hybridized carbons (Fsp3) is 0.714. The van der Waals surface area contributed by atoms with Gasteiger partial charge in [-0.2, -0.15) is 0 Å². The zero-order chi connectivity index (χ0) is 13.7. The first-order valence-electron chi connectivity index (χ1n) is 6.76. The van der Waals surface area contributed by atoms with Gasteiger partial charge >= 0.3 is 0 Å². The van der Waals surface area contributed by atoms with Crippen molar-refractivity contribution in [2.75, 3.05) is 23.8 Å². The molecule has 0 radical (unpaired) electrons. The van der Waals surface area contributed by atoms with Gasteiger partial charge in [-0.15, -0.1) is 0 Å². The second-order valence-corrected chi connectivity index (χ2v) is 5.28.